The molecule has 0 bridgehead atoms. The predicted octanol–water partition coefficient (Wildman–Crippen LogP) is 7.13. The van der Waals surface area contributed by atoms with Crippen molar-refractivity contribution in [3.63, 3.8) is 0 Å². The van der Waals surface area contributed by atoms with Gasteiger partial charge in [0, 0.05) is 36.4 Å². The fourth-order valence-corrected chi connectivity index (χ4v) is 4.03. The molecule has 0 spiro atoms. The second kappa shape index (κ2) is 11.2. The van der Waals surface area contributed by atoms with Gasteiger partial charge < -0.3 is 14.7 Å². The second-order valence-electron chi connectivity index (χ2n) is 8.16. The van der Waals surface area contributed by atoms with E-state index in [1.807, 2.05) is 42.5 Å². The Bertz CT molecular complexity index is 1380. The number of pyridine rings is 1. The molecule has 0 aliphatic heterocycles. The SMILES string of the molecule is Cc1onc(-c2ccccc2)c1C(=O)N(CCNc1ncc(C(F)(F)F)cc1Cl)Cc1ccc(Cl)cc1. The third-order valence-corrected chi connectivity index (χ3v) is 6.08. The van der Waals surface area contributed by atoms with Crippen LogP contribution in [0.15, 0.2) is 71.4 Å². The van der Waals surface area contributed by atoms with Crippen LogP contribution >= 0.6 is 23.2 Å². The fraction of sp³-hybridized carbons (Fsp3) is 0.192. The van der Waals surface area contributed by atoms with Crippen LogP contribution in [0.1, 0.15) is 27.2 Å². The number of aromatic nitrogens is 2. The highest BCUT2D eigenvalue weighted by Crippen LogP contribution is 2.32. The van der Waals surface area contributed by atoms with E-state index in [-0.39, 0.29) is 36.4 Å². The zero-order valence-corrected chi connectivity index (χ0v) is 21.0. The van der Waals surface area contributed by atoms with E-state index in [0.717, 1.165) is 17.2 Å². The van der Waals surface area contributed by atoms with Crippen LogP contribution in [0.5, 0.6) is 0 Å². The molecule has 0 fully saturated rings. The minimum atomic E-state index is -4.55. The van der Waals surface area contributed by atoms with Gasteiger partial charge in [-0.2, -0.15) is 13.2 Å². The molecule has 0 radical (unpaired) electrons. The highest BCUT2D eigenvalue weighted by molar-refractivity contribution is 6.33. The average molecular weight is 549 g/mol. The topological polar surface area (TPSA) is 71.3 Å². The maximum Gasteiger partial charge on any atom is 0.417 e. The van der Waals surface area contributed by atoms with Crippen molar-refractivity contribution in [1.29, 1.82) is 0 Å². The predicted molar refractivity (Wildman–Crippen MR) is 136 cm³/mol. The number of hydrogen-bond acceptors (Lipinski definition) is 5. The number of hydrogen-bond donors (Lipinski definition) is 1. The van der Waals surface area contributed by atoms with Crippen LogP contribution < -0.4 is 5.32 Å². The molecule has 0 saturated heterocycles. The number of halogens is 5. The summed E-state index contributed by atoms with van der Waals surface area (Å²) < 4.78 is 44.1. The highest BCUT2D eigenvalue weighted by Gasteiger charge is 2.31. The minimum absolute atomic E-state index is 0.0830. The monoisotopic (exact) mass is 548 g/mol. The molecular formula is C26H21Cl2F3N4O2. The molecule has 4 aromatic rings. The lowest BCUT2D eigenvalue weighted by Crippen LogP contribution is -2.35. The van der Waals surface area contributed by atoms with Crippen molar-refractivity contribution in [3.05, 3.63) is 99.4 Å². The highest BCUT2D eigenvalue weighted by atomic mass is 35.5. The molecule has 0 atom stereocenters. The number of nitrogens with one attached hydrogen (secondary N) is 1. The summed E-state index contributed by atoms with van der Waals surface area (Å²) in [4.78, 5) is 19.1. The molecule has 0 aliphatic carbocycles. The molecule has 2 aromatic heterocycles. The van der Waals surface area contributed by atoms with Crippen LogP contribution in [0.4, 0.5) is 19.0 Å². The summed E-state index contributed by atoms with van der Waals surface area (Å²) in [5.41, 5.74) is 1.36. The molecule has 4 rings (SSSR count). The van der Waals surface area contributed by atoms with Gasteiger partial charge in [-0.1, -0.05) is 70.8 Å². The number of amides is 1. The zero-order chi connectivity index (χ0) is 26.6. The summed E-state index contributed by atoms with van der Waals surface area (Å²) in [6, 6.07) is 17.1. The molecule has 0 aliphatic rings. The van der Waals surface area contributed by atoms with Gasteiger partial charge in [0.1, 0.15) is 22.8 Å². The molecule has 6 nitrogen and oxygen atoms in total. The van der Waals surface area contributed by atoms with Crippen LogP contribution in [0.25, 0.3) is 11.3 Å². The van der Waals surface area contributed by atoms with Gasteiger partial charge in [-0.3, -0.25) is 4.79 Å². The number of carbonyl (C=O) groups is 1. The summed E-state index contributed by atoms with van der Waals surface area (Å²) in [5, 5.41) is 7.40. The van der Waals surface area contributed by atoms with Crippen LogP contribution in [-0.2, 0) is 12.7 Å². The molecule has 0 saturated carbocycles. The van der Waals surface area contributed by atoms with E-state index < -0.39 is 11.7 Å². The Labute approximate surface area is 221 Å². The Balaban J connectivity index is 1.57. The van der Waals surface area contributed by atoms with Gasteiger partial charge in [-0.15, -0.1) is 0 Å². The number of benzene rings is 2. The van der Waals surface area contributed by atoms with Crippen molar-refractivity contribution in [2.75, 3.05) is 18.4 Å². The van der Waals surface area contributed by atoms with E-state index in [2.05, 4.69) is 15.5 Å². The fourth-order valence-electron chi connectivity index (χ4n) is 3.67. The smallest absolute Gasteiger partial charge is 0.367 e. The summed E-state index contributed by atoms with van der Waals surface area (Å²) in [6.07, 6.45) is -3.85. The first-order valence-corrected chi connectivity index (χ1v) is 11.9. The lowest BCUT2D eigenvalue weighted by atomic mass is 10.0. The van der Waals surface area contributed by atoms with Crippen LogP contribution in [-0.4, -0.2) is 34.0 Å². The zero-order valence-electron chi connectivity index (χ0n) is 19.5. The molecule has 2 heterocycles. The Morgan fingerprint density at radius 3 is 2.43 bits per heavy atom. The van der Waals surface area contributed by atoms with E-state index in [0.29, 0.717) is 28.2 Å². The lowest BCUT2D eigenvalue weighted by Gasteiger charge is -2.23. The van der Waals surface area contributed by atoms with Gasteiger partial charge in [0.2, 0.25) is 0 Å². The summed E-state index contributed by atoms with van der Waals surface area (Å²) >= 11 is 12.0. The van der Waals surface area contributed by atoms with Gasteiger partial charge in [0.25, 0.3) is 5.91 Å². The van der Waals surface area contributed by atoms with Crippen molar-refractivity contribution in [3.8, 4) is 11.3 Å². The summed E-state index contributed by atoms with van der Waals surface area (Å²) in [7, 11) is 0. The first-order chi connectivity index (χ1) is 17.6. The summed E-state index contributed by atoms with van der Waals surface area (Å²) in [5.74, 6) is 0.130. The number of carbonyl (C=O) groups excluding carboxylic acids is 1. The van der Waals surface area contributed by atoms with Gasteiger partial charge in [0.15, 0.2) is 0 Å². The molecule has 0 unspecified atom stereocenters. The van der Waals surface area contributed by atoms with E-state index in [9.17, 15) is 18.0 Å². The normalized spacial score (nSPS) is 11.4. The first kappa shape index (κ1) is 26.5. The van der Waals surface area contributed by atoms with E-state index >= 15 is 0 Å². The molecular weight excluding hydrogens is 528 g/mol. The van der Waals surface area contributed by atoms with Crippen LogP contribution in [0.3, 0.4) is 0 Å². The number of alkyl halides is 3. The van der Waals surface area contributed by atoms with Crippen LogP contribution in [0.2, 0.25) is 10.0 Å². The van der Waals surface area contributed by atoms with Gasteiger partial charge >= 0.3 is 6.18 Å². The summed E-state index contributed by atoms with van der Waals surface area (Å²) in [6.45, 7) is 2.25. The largest absolute Gasteiger partial charge is 0.417 e. The van der Waals surface area contributed by atoms with Gasteiger partial charge in [-0.25, -0.2) is 4.98 Å². The van der Waals surface area contributed by atoms with Crippen molar-refractivity contribution in [2.45, 2.75) is 19.6 Å². The van der Waals surface area contributed by atoms with Crippen molar-refractivity contribution in [1.82, 2.24) is 15.0 Å². The number of rotatable bonds is 8. The van der Waals surface area contributed by atoms with Crippen molar-refractivity contribution < 1.29 is 22.5 Å². The third kappa shape index (κ3) is 6.42. The Morgan fingerprint density at radius 2 is 1.78 bits per heavy atom. The quantitative estimate of drug-likeness (QED) is 0.253. The van der Waals surface area contributed by atoms with E-state index in [1.165, 1.54) is 0 Å². The maximum absolute atomic E-state index is 13.8. The minimum Gasteiger partial charge on any atom is -0.367 e. The number of anilines is 1. The van der Waals surface area contributed by atoms with E-state index in [1.54, 1.807) is 24.0 Å². The van der Waals surface area contributed by atoms with Crippen LogP contribution in [0, 0.1) is 6.92 Å². The molecule has 2 aromatic carbocycles. The number of aryl methyl sites for hydroxylation is 1. The molecule has 1 amide bonds. The molecule has 37 heavy (non-hydrogen) atoms. The average Bonchev–Trinajstić information content (AvgIpc) is 3.26. The number of nitrogens with zero attached hydrogens (tertiary/aromatic N) is 3. The Kier molecular flexibility index (Phi) is 8.04. The van der Waals surface area contributed by atoms with Gasteiger partial charge in [-0.05, 0) is 30.7 Å². The van der Waals surface area contributed by atoms with Gasteiger partial charge in [0.05, 0.1) is 10.6 Å². The second-order valence-corrected chi connectivity index (χ2v) is 9.00. The maximum atomic E-state index is 13.8. The Hall–Kier alpha value is -3.56. The molecule has 192 valence electrons. The Morgan fingerprint density at radius 1 is 1.08 bits per heavy atom. The molecule has 11 heteroatoms. The van der Waals surface area contributed by atoms with Crippen molar-refractivity contribution in [2.24, 2.45) is 0 Å². The standard InChI is InChI=1S/C26H21Cl2F3N4O2/c1-16-22(23(34-37-16)18-5-3-2-4-6-18)25(36)35(15-17-7-9-20(27)10-8-17)12-11-32-24-21(28)13-19(14-33-24)26(29,30)31/h2-10,13-14H,11-12,15H2,1H3,(H,32,33). The molecule has 1 N–H and O–H groups in total. The first-order valence-electron chi connectivity index (χ1n) is 11.2. The van der Waals surface area contributed by atoms with Crippen molar-refractivity contribution >= 4 is 34.9 Å². The van der Waals surface area contributed by atoms with E-state index in [4.69, 9.17) is 27.7 Å². The lowest BCUT2D eigenvalue weighted by molar-refractivity contribution is -0.137. The third-order valence-electron chi connectivity index (χ3n) is 5.54.